The highest BCUT2D eigenvalue weighted by Crippen LogP contribution is 2.14. The van der Waals surface area contributed by atoms with Crippen LogP contribution < -0.4 is 10.6 Å². The van der Waals surface area contributed by atoms with Crippen molar-refractivity contribution in [2.75, 3.05) is 18.4 Å². The zero-order valence-electron chi connectivity index (χ0n) is 9.25. The van der Waals surface area contributed by atoms with Crippen LogP contribution in [0.2, 0.25) is 0 Å². The molecule has 0 atom stereocenters. The second-order valence-corrected chi connectivity index (χ2v) is 3.35. The summed E-state index contributed by atoms with van der Waals surface area (Å²) in [7, 11) is 0. The third kappa shape index (κ3) is 4.58. The Morgan fingerprint density at radius 1 is 1.22 bits per heavy atom. The van der Waals surface area contributed by atoms with E-state index >= 15 is 0 Å². The molecule has 0 heterocycles. The van der Waals surface area contributed by atoms with Gasteiger partial charge in [-0.05, 0) is 12.1 Å². The van der Waals surface area contributed by atoms with Gasteiger partial charge in [0.2, 0.25) is 5.91 Å². The molecule has 1 rings (SSSR count). The van der Waals surface area contributed by atoms with Gasteiger partial charge in [0.15, 0.2) is 0 Å². The van der Waals surface area contributed by atoms with E-state index in [4.69, 9.17) is 5.11 Å². The minimum absolute atomic E-state index is 0.0722. The summed E-state index contributed by atoms with van der Waals surface area (Å²) in [4.78, 5) is 31.3. The molecule has 0 aromatic heterocycles. The number of carboxylic acids is 1. The van der Waals surface area contributed by atoms with E-state index in [0.29, 0.717) is 5.69 Å². The number of anilines is 1. The predicted octanol–water partition coefficient (Wildman–Crippen LogP) is 0.208. The molecular weight excluding hydrogens is 242 g/mol. The molecule has 0 aliphatic heterocycles. The standard InChI is InChI=1S/C10H11N3O5/c14-9(5-11-6-10(15)16)12-7-1-3-8(4-2-7)13(17)18/h1-4,11H,5-6H2,(H,12,14)(H,15,16). The monoisotopic (exact) mass is 253 g/mol. The number of rotatable bonds is 6. The third-order valence-electron chi connectivity index (χ3n) is 1.92. The number of nitrogens with zero attached hydrogens (tertiary/aromatic N) is 1. The van der Waals surface area contributed by atoms with E-state index in [2.05, 4.69) is 10.6 Å². The molecule has 3 N–H and O–H groups in total. The number of nitro benzene ring substituents is 1. The molecule has 0 aliphatic carbocycles. The highest BCUT2D eigenvalue weighted by Gasteiger charge is 2.06. The van der Waals surface area contributed by atoms with Crippen LogP contribution in [0.4, 0.5) is 11.4 Å². The number of amides is 1. The number of carboxylic acid groups (broad SMARTS) is 1. The third-order valence-corrected chi connectivity index (χ3v) is 1.92. The minimum atomic E-state index is -1.06. The number of non-ortho nitro benzene ring substituents is 1. The Kier molecular flexibility index (Phi) is 4.76. The van der Waals surface area contributed by atoms with Crippen LogP contribution in [0.3, 0.4) is 0 Å². The van der Waals surface area contributed by atoms with Crippen LogP contribution in [-0.2, 0) is 9.59 Å². The smallest absolute Gasteiger partial charge is 0.317 e. The summed E-state index contributed by atoms with van der Waals surface area (Å²) in [5.41, 5.74) is 0.333. The molecule has 1 aromatic carbocycles. The summed E-state index contributed by atoms with van der Waals surface area (Å²) < 4.78 is 0. The van der Waals surface area contributed by atoms with Gasteiger partial charge in [-0.2, -0.15) is 0 Å². The quantitative estimate of drug-likeness (QED) is 0.492. The number of benzene rings is 1. The molecule has 8 heteroatoms. The summed E-state index contributed by atoms with van der Waals surface area (Å²) in [5, 5.41) is 23.6. The van der Waals surface area contributed by atoms with Crippen molar-refractivity contribution >= 4 is 23.3 Å². The summed E-state index contributed by atoms with van der Waals surface area (Å²) in [6.45, 7) is -0.461. The van der Waals surface area contributed by atoms with E-state index in [1.165, 1.54) is 24.3 Å². The maximum Gasteiger partial charge on any atom is 0.317 e. The Morgan fingerprint density at radius 3 is 2.33 bits per heavy atom. The molecular formula is C10H11N3O5. The van der Waals surface area contributed by atoms with Gasteiger partial charge in [-0.1, -0.05) is 0 Å². The lowest BCUT2D eigenvalue weighted by Gasteiger charge is -2.05. The Bertz CT molecular complexity index is 457. The van der Waals surface area contributed by atoms with Gasteiger partial charge in [0, 0.05) is 17.8 Å². The van der Waals surface area contributed by atoms with Gasteiger partial charge in [0.25, 0.3) is 5.69 Å². The number of carbonyl (C=O) groups is 2. The van der Waals surface area contributed by atoms with E-state index < -0.39 is 16.8 Å². The van der Waals surface area contributed by atoms with Gasteiger partial charge in [0.05, 0.1) is 18.0 Å². The second-order valence-electron chi connectivity index (χ2n) is 3.35. The van der Waals surface area contributed by atoms with Gasteiger partial charge >= 0.3 is 5.97 Å². The Morgan fingerprint density at radius 2 is 1.83 bits per heavy atom. The fraction of sp³-hybridized carbons (Fsp3) is 0.200. The molecule has 0 fully saturated rings. The zero-order valence-corrected chi connectivity index (χ0v) is 9.25. The normalized spacial score (nSPS) is 9.78. The van der Waals surface area contributed by atoms with E-state index in [1.54, 1.807) is 0 Å². The Labute approximate surface area is 102 Å². The van der Waals surface area contributed by atoms with Crippen molar-refractivity contribution in [2.24, 2.45) is 0 Å². The van der Waals surface area contributed by atoms with Gasteiger partial charge in [0.1, 0.15) is 0 Å². The number of aliphatic carboxylic acids is 1. The SMILES string of the molecule is O=C(O)CNCC(=O)Nc1ccc([N+](=O)[O-])cc1. The van der Waals surface area contributed by atoms with Gasteiger partial charge < -0.3 is 10.4 Å². The lowest BCUT2D eigenvalue weighted by atomic mass is 10.3. The van der Waals surface area contributed by atoms with Gasteiger partial charge in [-0.15, -0.1) is 0 Å². The van der Waals surface area contributed by atoms with Gasteiger partial charge in [-0.25, -0.2) is 0 Å². The molecule has 18 heavy (non-hydrogen) atoms. The molecule has 0 aliphatic rings. The predicted molar refractivity (Wildman–Crippen MR) is 62.2 cm³/mol. The van der Waals surface area contributed by atoms with Crippen LogP contribution in [0.15, 0.2) is 24.3 Å². The van der Waals surface area contributed by atoms with Crippen molar-refractivity contribution in [3.8, 4) is 0 Å². The van der Waals surface area contributed by atoms with Crippen molar-refractivity contribution < 1.29 is 19.6 Å². The molecule has 96 valence electrons. The molecule has 0 saturated carbocycles. The van der Waals surface area contributed by atoms with Crippen LogP contribution in [0, 0.1) is 10.1 Å². The molecule has 0 saturated heterocycles. The van der Waals surface area contributed by atoms with Crippen LogP contribution in [0.5, 0.6) is 0 Å². The lowest BCUT2D eigenvalue weighted by Crippen LogP contribution is -2.31. The van der Waals surface area contributed by atoms with Crippen LogP contribution in [-0.4, -0.2) is 35.0 Å². The highest BCUT2D eigenvalue weighted by atomic mass is 16.6. The van der Waals surface area contributed by atoms with Gasteiger partial charge in [-0.3, -0.25) is 25.0 Å². The maximum atomic E-state index is 11.3. The first-order valence-electron chi connectivity index (χ1n) is 4.96. The fourth-order valence-corrected chi connectivity index (χ4v) is 1.15. The van der Waals surface area contributed by atoms with E-state index in [-0.39, 0.29) is 18.8 Å². The van der Waals surface area contributed by atoms with E-state index in [1.807, 2.05) is 0 Å². The zero-order chi connectivity index (χ0) is 13.5. The maximum absolute atomic E-state index is 11.3. The molecule has 0 bridgehead atoms. The largest absolute Gasteiger partial charge is 0.480 e. The van der Waals surface area contributed by atoms with Crippen LogP contribution in [0.1, 0.15) is 0 Å². The molecule has 0 radical (unpaired) electrons. The summed E-state index contributed by atoms with van der Waals surface area (Å²) in [5.74, 6) is -1.48. The number of hydrogen-bond donors (Lipinski definition) is 3. The first kappa shape index (κ1) is 13.6. The average molecular weight is 253 g/mol. The molecule has 8 nitrogen and oxygen atoms in total. The number of hydrogen-bond acceptors (Lipinski definition) is 5. The molecule has 1 aromatic rings. The Balaban J connectivity index is 2.44. The van der Waals surface area contributed by atoms with E-state index in [9.17, 15) is 19.7 Å². The Hall–Kier alpha value is -2.48. The van der Waals surface area contributed by atoms with Crippen molar-refractivity contribution in [1.29, 1.82) is 0 Å². The fourth-order valence-electron chi connectivity index (χ4n) is 1.15. The summed E-state index contributed by atoms with van der Waals surface area (Å²) in [6.07, 6.45) is 0. The molecule has 1 amide bonds. The van der Waals surface area contributed by atoms with E-state index in [0.717, 1.165) is 0 Å². The first-order chi connectivity index (χ1) is 8.49. The van der Waals surface area contributed by atoms with Crippen molar-refractivity contribution in [3.05, 3.63) is 34.4 Å². The van der Waals surface area contributed by atoms with Crippen LogP contribution >= 0.6 is 0 Å². The average Bonchev–Trinajstić information content (AvgIpc) is 2.29. The second kappa shape index (κ2) is 6.30. The number of nitrogens with one attached hydrogen (secondary N) is 2. The minimum Gasteiger partial charge on any atom is -0.480 e. The number of carbonyl (C=O) groups excluding carboxylic acids is 1. The summed E-state index contributed by atoms with van der Waals surface area (Å²) >= 11 is 0. The lowest BCUT2D eigenvalue weighted by molar-refractivity contribution is -0.384. The van der Waals surface area contributed by atoms with Crippen molar-refractivity contribution in [3.63, 3.8) is 0 Å². The first-order valence-corrected chi connectivity index (χ1v) is 4.96. The highest BCUT2D eigenvalue weighted by molar-refractivity contribution is 5.92. The molecule has 0 unspecified atom stereocenters. The van der Waals surface area contributed by atoms with Crippen molar-refractivity contribution in [1.82, 2.24) is 5.32 Å². The topological polar surface area (TPSA) is 122 Å². The summed E-state index contributed by atoms with van der Waals surface area (Å²) in [6, 6.07) is 5.32. The molecule has 0 spiro atoms. The number of nitro groups is 1. The van der Waals surface area contributed by atoms with Crippen LogP contribution in [0.25, 0.3) is 0 Å². The van der Waals surface area contributed by atoms with Crippen molar-refractivity contribution in [2.45, 2.75) is 0 Å².